The molecule has 1 N–H and O–H groups in total. The maximum absolute atomic E-state index is 13.1. The summed E-state index contributed by atoms with van der Waals surface area (Å²) in [5.74, 6) is -1.50. The predicted molar refractivity (Wildman–Crippen MR) is 111 cm³/mol. The van der Waals surface area contributed by atoms with Crippen LogP contribution in [0.3, 0.4) is 0 Å². The van der Waals surface area contributed by atoms with Gasteiger partial charge in [-0.2, -0.15) is 0 Å². The van der Waals surface area contributed by atoms with E-state index in [-0.39, 0.29) is 29.6 Å². The summed E-state index contributed by atoms with van der Waals surface area (Å²) in [5, 5.41) is 11.7. The molecular formula is C23H21FN2O4. The fourth-order valence-corrected chi connectivity index (χ4v) is 3.55. The van der Waals surface area contributed by atoms with Gasteiger partial charge in [-0.15, -0.1) is 0 Å². The van der Waals surface area contributed by atoms with Crippen LogP contribution in [0.15, 0.2) is 60.7 Å². The van der Waals surface area contributed by atoms with E-state index in [1.54, 1.807) is 23.1 Å². The second-order valence-electron chi connectivity index (χ2n) is 7.14. The highest BCUT2D eigenvalue weighted by atomic mass is 19.1. The van der Waals surface area contributed by atoms with Gasteiger partial charge < -0.3 is 19.6 Å². The fraction of sp³-hybridized carbons (Fsp3) is 0.217. The number of rotatable bonds is 4. The number of phenolic OH excluding ortho intramolecular Hbond substituents is 1. The van der Waals surface area contributed by atoms with Gasteiger partial charge in [0, 0.05) is 31.9 Å². The molecule has 4 rings (SSSR count). The quantitative estimate of drug-likeness (QED) is 0.672. The minimum Gasteiger partial charge on any atom is -0.507 e. The molecule has 1 heterocycles. The van der Waals surface area contributed by atoms with Crippen molar-refractivity contribution in [1.29, 1.82) is 0 Å². The van der Waals surface area contributed by atoms with E-state index in [9.17, 15) is 19.1 Å². The number of ether oxygens (including phenoxy) is 1. The van der Waals surface area contributed by atoms with Gasteiger partial charge in [-0.25, -0.2) is 9.18 Å². The van der Waals surface area contributed by atoms with E-state index in [2.05, 4.69) is 4.90 Å². The van der Waals surface area contributed by atoms with Crippen molar-refractivity contribution < 1.29 is 23.8 Å². The number of carbonyl (C=O) groups is 2. The van der Waals surface area contributed by atoms with Crippen LogP contribution < -0.4 is 4.90 Å². The molecule has 1 fully saturated rings. The first-order chi connectivity index (χ1) is 14.5. The minimum atomic E-state index is -0.739. The zero-order valence-corrected chi connectivity index (χ0v) is 16.3. The number of piperazine rings is 1. The highest BCUT2D eigenvalue weighted by Crippen LogP contribution is 2.25. The molecule has 6 nitrogen and oxygen atoms in total. The second kappa shape index (κ2) is 8.41. The number of carbonyl (C=O) groups excluding carboxylic acids is 2. The monoisotopic (exact) mass is 408 g/mol. The van der Waals surface area contributed by atoms with E-state index in [1.165, 1.54) is 18.2 Å². The molecule has 1 saturated heterocycles. The van der Waals surface area contributed by atoms with Gasteiger partial charge in [0.1, 0.15) is 17.1 Å². The Morgan fingerprint density at radius 2 is 1.57 bits per heavy atom. The summed E-state index contributed by atoms with van der Waals surface area (Å²) in [5.41, 5.74) is 0.935. The Morgan fingerprint density at radius 1 is 0.933 bits per heavy atom. The smallest absolute Gasteiger partial charge is 0.342 e. The third-order valence-corrected chi connectivity index (χ3v) is 5.23. The number of hydrogen-bond acceptors (Lipinski definition) is 5. The van der Waals surface area contributed by atoms with Gasteiger partial charge in [0.2, 0.25) is 0 Å². The van der Waals surface area contributed by atoms with E-state index < -0.39 is 5.97 Å². The van der Waals surface area contributed by atoms with Gasteiger partial charge in [-0.1, -0.05) is 24.3 Å². The number of fused-ring (bicyclic) bond motifs is 1. The van der Waals surface area contributed by atoms with Crippen LogP contribution in [0.5, 0.6) is 5.75 Å². The predicted octanol–water partition coefficient (Wildman–Crippen LogP) is 3.19. The minimum absolute atomic E-state index is 0.0302. The van der Waals surface area contributed by atoms with E-state index >= 15 is 0 Å². The average molecular weight is 408 g/mol. The van der Waals surface area contributed by atoms with Gasteiger partial charge in [-0.3, -0.25) is 4.79 Å². The molecule has 1 amide bonds. The zero-order valence-electron chi connectivity index (χ0n) is 16.3. The van der Waals surface area contributed by atoms with Crippen LogP contribution in [0.1, 0.15) is 10.4 Å². The van der Waals surface area contributed by atoms with Gasteiger partial charge in [0.05, 0.1) is 0 Å². The summed E-state index contributed by atoms with van der Waals surface area (Å²) < 4.78 is 18.2. The molecule has 0 atom stereocenters. The van der Waals surface area contributed by atoms with Crippen molar-refractivity contribution in [2.24, 2.45) is 0 Å². The third-order valence-electron chi connectivity index (χ3n) is 5.23. The maximum Gasteiger partial charge on any atom is 0.342 e. The Labute approximate surface area is 173 Å². The van der Waals surface area contributed by atoms with Crippen LogP contribution in [0.2, 0.25) is 0 Å². The van der Waals surface area contributed by atoms with Crippen LogP contribution >= 0.6 is 0 Å². The summed E-state index contributed by atoms with van der Waals surface area (Å²) in [7, 11) is 0. The molecule has 0 aromatic heterocycles. The SMILES string of the molecule is O=C(OCC(=O)N1CCN(c2ccc(F)cc2)CC1)c1cc2ccccc2cc1O. The topological polar surface area (TPSA) is 70.1 Å². The van der Waals surface area contributed by atoms with E-state index in [0.29, 0.717) is 26.2 Å². The lowest BCUT2D eigenvalue weighted by Crippen LogP contribution is -2.49. The molecule has 7 heteroatoms. The lowest BCUT2D eigenvalue weighted by atomic mass is 10.1. The van der Waals surface area contributed by atoms with Crippen LogP contribution in [0, 0.1) is 5.82 Å². The highest BCUT2D eigenvalue weighted by Gasteiger charge is 2.23. The molecule has 1 aliphatic heterocycles. The van der Waals surface area contributed by atoms with Crippen LogP contribution in [0.25, 0.3) is 10.8 Å². The van der Waals surface area contributed by atoms with E-state index in [1.807, 2.05) is 24.3 Å². The summed E-state index contributed by atoms with van der Waals surface area (Å²) in [6.07, 6.45) is 0. The first kappa shape index (κ1) is 19.7. The molecule has 3 aromatic carbocycles. The molecule has 154 valence electrons. The number of amides is 1. The van der Waals surface area contributed by atoms with Crippen molar-refractivity contribution in [3.05, 3.63) is 72.0 Å². The molecule has 0 saturated carbocycles. The molecule has 0 aliphatic carbocycles. The van der Waals surface area contributed by atoms with E-state index in [0.717, 1.165) is 16.5 Å². The third kappa shape index (κ3) is 4.20. The van der Waals surface area contributed by atoms with Crippen molar-refractivity contribution in [2.45, 2.75) is 0 Å². The normalized spacial score (nSPS) is 14.0. The van der Waals surface area contributed by atoms with E-state index in [4.69, 9.17) is 4.74 Å². The molecule has 0 bridgehead atoms. The Morgan fingerprint density at radius 3 is 2.23 bits per heavy atom. The number of anilines is 1. The van der Waals surface area contributed by atoms with Gasteiger partial charge in [-0.05, 0) is 47.2 Å². The molecule has 0 unspecified atom stereocenters. The van der Waals surface area contributed by atoms with Crippen molar-refractivity contribution in [3.8, 4) is 5.75 Å². The Hall–Kier alpha value is -3.61. The van der Waals surface area contributed by atoms with Crippen molar-refractivity contribution in [1.82, 2.24) is 4.90 Å². The molecule has 30 heavy (non-hydrogen) atoms. The van der Waals surface area contributed by atoms with Crippen LogP contribution in [0.4, 0.5) is 10.1 Å². The number of halogens is 1. The van der Waals surface area contributed by atoms with Crippen LogP contribution in [-0.4, -0.2) is 54.7 Å². The molecule has 0 radical (unpaired) electrons. The number of phenols is 1. The van der Waals surface area contributed by atoms with Gasteiger partial charge in [0.25, 0.3) is 5.91 Å². The molecule has 1 aliphatic rings. The zero-order chi connectivity index (χ0) is 21.1. The Balaban J connectivity index is 1.32. The summed E-state index contributed by atoms with van der Waals surface area (Å²) in [6.45, 7) is 1.79. The van der Waals surface area contributed by atoms with Crippen molar-refractivity contribution in [3.63, 3.8) is 0 Å². The largest absolute Gasteiger partial charge is 0.507 e. The van der Waals surface area contributed by atoms with Crippen LogP contribution in [-0.2, 0) is 9.53 Å². The first-order valence-corrected chi connectivity index (χ1v) is 9.68. The Kier molecular flexibility index (Phi) is 5.52. The number of nitrogens with zero attached hydrogens (tertiary/aromatic N) is 2. The van der Waals surface area contributed by atoms with Gasteiger partial charge in [0.15, 0.2) is 6.61 Å². The summed E-state index contributed by atoms with van der Waals surface area (Å²) in [6, 6.07) is 16.6. The lowest BCUT2D eigenvalue weighted by molar-refractivity contribution is -0.134. The fourth-order valence-electron chi connectivity index (χ4n) is 3.55. The lowest BCUT2D eigenvalue weighted by Gasteiger charge is -2.36. The average Bonchev–Trinajstić information content (AvgIpc) is 2.77. The number of benzene rings is 3. The number of esters is 1. The molecular weight excluding hydrogens is 387 g/mol. The highest BCUT2D eigenvalue weighted by molar-refractivity contribution is 5.99. The molecule has 3 aromatic rings. The van der Waals surface area contributed by atoms with Gasteiger partial charge >= 0.3 is 5.97 Å². The van der Waals surface area contributed by atoms with Crippen molar-refractivity contribution in [2.75, 3.05) is 37.7 Å². The number of hydrogen-bond donors (Lipinski definition) is 1. The second-order valence-corrected chi connectivity index (χ2v) is 7.14. The standard InChI is InChI=1S/C23H21FN2O4/c24-18-5-7-19(8-6-18)25-9-11-26(12-10-25)22(28)15-30-23(29)20-13-16-3-1-2-4-17(16)14-21(20)27/h1-8,13-14,27H,9-12,15H2. The Bertz CT molecular complexity index is 1080. The summed E-state index contributed by atoms with van der Waals surface area (Å²) >= 11 is 0. The van der Waals surface area contributed by atoms with Crippen molar-refractivity contribution >= 4 is 28.3 Å². The number of aromatic hydroxyl groups is 1. The molecule has 0 spiro atoms. The maximum atomic E-state index is 13.1. The summed E-state index contributed by atoms with van der Waals surface area (Å²) in [4.78, 5) is 28.5. The first-order valence-electron chi connectivity index (χ1n) is 9.68.